The number of nitrogens with two attached hydrogens (primary N) is 1. The van der Waals surface area contributed by atoms with Crippen LogP contribution in [0.1, 0.15) is 19.8 Å². The first kappa shape index (κ1) is 12.8. The number of nitrogens with one attached hydrogen (secondary N) is 2. The quantitative estimate of drug-likeness (QED) is 0.508. The van der Waals surface area contributed by atoms with Gasteiger partial charge in [-0.2, -0.15) is 0 Å². The molecule has 0 unspecified atom stereocenters. The highest BCUT2D eigenvalue weighted by Gasteiger charge is 2.30. The standard InChI is InChI=1S/C11H19N5O2/c1-3-18-8-4-7(5-8)15-10-9(17-2)11(16-12)14-6-13-10/h6-8H,3-5,12H2,1-2H3,(H2,13,14,15,16). The Balaban J connectivity index is 1.98. The van der Waals surface area contributed by atoms with Crippen molar-refractivity contribution >= 4 is 11.6 Å². The molecule has 0 spiro atoms. The zero-order chi connectivity index (χ0) is 13.0. The highest BCUT2D eigenvalue weighted by Crippen LogP contribution is 2.32. The van der Waals surface area contributed by atoms with Crippen molar-refractivity contribution in [1.29, 1.82) is 0 Å². The number of hydrogen-bond donors (Lipinski definition) is 3. The van der Waals surface area contributed by atoms with Crippen molar-refractivity contribution in [3.8, 4) is 5.75 Å². The molecular formula is C11H19N5O2. The number of ether oxygens (including phenoxy) is 2. The third kappa shape index (κ3) is 2.62. The summed E-state index contributed by atoms with van der Waals surface area (Å²) in [6.45, 7) is 2.77. The van der Waals surface area contributed by atoms with E-state index in [0.29, 0.717) is 29.5 Å². The smallest absolute Gasteiger partial charge is 0.205 e. The maximum atomic E-state index is 5.51. The van der Waals surface area contributed by atoms with Gasteiger partial charge < -0.3 is 20.2 Å². The van der Waals surface area contributed by atoms with Gasteiger partial charge in [0.15, 0.2) is 11.6 Å². The normalized spacial score (nSPS) is 22.2. The molecule has 100 valence electrons. The summed E-state index contributed by atoms with van der Waals surface area (Å²) in [5.41, 5.74) is 2.48. The lowest BCUT2D eigenvalue weighted by Gasteiger charge is -2.35. The van der Waals surface area contributed by atoms with E-state index in [0.717, 1.165) is 19.4 Å². The Hall–Kier alpha value is -1.60. The van der Waals surface area contributed by atoms with Crippen LogP contribution in [0.2, 0.25) is 0 Å². The van der Waals surface area contributed by atoms with Gasteiger partial charge >= 0.3 is 0 Å². The monoisotopic (exact) mass is 253 g/mol. The van der Waals surface area contributed by atoms with E-state index in [1.807, 2.05) is 6.92 Å². The molecule has 0 radical (unpaired) electrons. The van der Waals surface area contributed by atoms with E-state index < -0.39 is 0 Å². The van der Waals surface area contributed by atoms with Crippen LogP contribution in [0.3, 0.4) is 0 Å². The number of rotatable bonds is 6. The van der Waals surface area contributed by atoms with E-state index >= 15 is 0 Å². The highest BCUT2D eigenvalue weighted by atomic mass is 16.5. The number of hydrazine groups is 1. The van der Waals surface area contributed by atoms with Crippen LogP contribution in [0, 0.1) is 0 Å². The summed E-state index contributed by atoms with van der Waals surface area (Å²) in [5.74, 6) is 7.01. The minimum Gasteiger partial charge on any atom is -0.490 e. The molecule has 1 fully saturated rings. The first-order valence-electron chi connectivity index (χ1n) is 6.02. The topological polar surface area (TPSA) is 94.3 Å². The van der Waals surface area contributed by atoms with Crippen molar-refractivity contribution in [3.05, 3.63) is 6.33 Å². The summed E-state index contributed by atoms with van der Waals surface area (Å²) in [7, 11) is 1.56. The minimum absolute atomic E-state index is 0.354. The number of nitrogen functional groups attached to an aromatic ring is 1. The summed E-state index contributed by atoms with van der Waals surface area (Å²) >= 11 is 0. The Kier molecular flexibility index (Phi) is 4.16. The van der Waals surface area contributed by atoms with Crippen LogP contribution in [0.4, 0.5) is 11.6 Å². The fourth-order valence-electron chi connectivity index (χ4n) is 2.02. The summed E-state index contributed by atoms with van der Waals surface area (Å²) in [6, 6.07) is 0.357. The Morgan fingerprint density at radius 3 is 2.72 bits per heavy atom. The molecule has 4 N–H and O–H groups in total. The lowest BCUT2D eigenvalue weighted by atomic mass is 9.89. The zero-order valence-electron chi connectivity index (χ0n) is 10.6. The fourth-order valence-corrected chi connectivity index (χ4v) is 2.02. The predicted octanol–water partition coefficient (Wildman–Crippen LogP) is 0.750. The van der Waals surface area contributed by atoms with Gasteiger partial charge in [0.1, 0.15) is 6.33 Å². The number of anilines is 2. The summed E-state index contributed by atoms with van der Waals surface area (Å²) in [6.07, 6.45) is 3.75. The molecule has 0 atom stereocenters. The molecule has 1 heterocycles. The van der Waals surface area contributed by atoms with E-state index in [9.17, 15) is 0 Å². The van der Waals surface area contributed by atoms with E-state index in [1.165, 1.54) is 6.33 Å². The summed E-state index contributed by atoms with van der Waals surface area (Å²) in [5, 5.41) is 3.31. The minimum atomic E-state index is 0.354. The van der Waals surface area contributed by atoms with Crippen molar-refractivity contribution < 1.29 is 9.47 Å². The molecular weight excluding hydrogens is 234 g/mol. The second-order valence-corrected chi connectivity index (χ2v) is 4.14. The van der Waals surface area contributed by atoms with Gasteiger partial charge in [-0.3, -0.25) is 0 Å². The van der Waals surface area contributed by atoms with Crippen molar-refractivity contribution in [2.75, 3.05) is 24.5 Å². The van der Waals surface area contributed by atoms with Crippen molar-refractivity contribution in [2.24, 2.45) is 5.84 Å². The molecule has 18 heavy (non-hydrogen) atoms. The van der Waals surface area contributed by atoms with E-state index in [-0.39, 0.29) is 0 Å². The average Bonchev–Trinajstić information content (AvgIpc) is 2.35. The zero-order valence-corrected chi connectivity index (χ0v) is 10.6. The lowest BCUT2D eigenvalue weighted by Crippen LogP contribution is -2.41. The first-order valence-corrected chi connectivity index (χ1v) is 6.02. The fraction of sp³-hybridized carbons (Fsp3) is 0.636. The molecule has 7 heteroatoms. The lowest BCUT2D eigenvalue weighted by molar-refractivity contribution is 0.00288. The van der Waals surface area contributed by atoms with Crippen LogP contribution >= 0.6 is 0 Å². The molecule has 7 nitrogen and oxygen atoms in total. The van der Waals surface area contributed by atoms with Gasteiger partial charge in [0.05, 0.1) is 13.2 Å². The van der Waals surface area contributed by atoms with Gasteiger partial charge in [0, 0.05) is 12.6 Å². The number of nitrogens with zero attached hydrogens (tertiary/aromatic N) is 2. The van der Waals surface area contributed by atoms with Gasteiger partial charge in [-0.1, -0.05) is 0 Å². The van der Waals surface area contributed by atoms with Gasteiger partial charge in [0.25, 0.3) is 0 Å². The van der Waals surface area contributed by atoms with Gasteiger partial charge in [-0.25, -0.2) is 15.8 Å². The molecule has 1 aromatic heterocycles. The Morgan fingerprint density at radius 1 is 1.39 bits per heavy atom. The van der Waals surface area contributed by atoms with Crippen molar-refractivity contribution in [1.82, 2.24) is 9.97 Å². The van der Waals surface area contributed by atoms with Crippen LogP contribution in [0.5, 0.6) is 5.75 Å². The molecule has 1 aliphatic rings. The van der Waals surface area contributed by atoms with E-state index in [2.05, 4.69) is 20.7 Å². The molecule has 1 saturated carbocycles. The average molecular weight is 253 g/mol. The van der Waals surface area contributed by atoms with Crippen molar-refractivity contribution in [2.45, 2.75) is 31.9 Å². The highest BCUT2D eigenvalue weighted by molar-refractivity contribution is 5.63. The maximum Gasteiger partial charge on any atom is 0.205 e. The number of hydrogen-bond acceptors (Lipinski definition) is 7. The van der Waals surface area contributed by atoms with Crippen LogP contribution < -0.4 is 21.3 Å². The molecule has 1 aliphatic carbocycles. The second-order valence-electron chi connectivity index (χ2n) is 4.14. The van der Waals surface area contributed by atoms with Crippen LogP contribution in [-0.4, -0.2) is 35.8 Å². The second kappa shape index (κ2) is 5.83. The van der Waals surface area contributed by atoms with Crippen molar-refractivity contribution in [3.63, 3.8) is 0 Å². The maximum absolute atomic E-state index is 5.51. The summed E-state index contributed by atoms with van der Waals surface area (Å²) < 4.78 is 10.8. The molecule has 1 aromatic rings. The third-order valence-corrected chi connectivity index (χ3v) is 2.98. The van der Waals surface area contributed by atoms with Crippen LogP contribution in [-0.2, 0) is 4.74 Å². The molecule has 0 amide bonds. The molecule has 0 aliphatic heterocycles. The number of aromatic nitrogens is 2. The van der Waals surface area contributed by atoms with E-state index in [1.54, 1.807) is 7.11 Å². The Bertz CT molecular complexity index is 395. The molecule has 0 bridgehead atoms. The van der Waals surface area contributed by atoms with Gasteiger partial charge in [-0.15, -0.1) is 0 Å². The molecule has 0 saturated heterocycles. The molecule has 2 rings (SSSR count). The SMILES string of the molecule is CCOC1CC(Nc2ncnc(NN)c2OC)C1. The largest absolute Gasteiger partial charge is 0.490 e. The molecule has 0 aromatic carbocycles. The third-order valence-electron chi connectivity index (χ3n) is 2.98. The summed E-state index contributed by atoms with van der Waals surface area (Å²) in [4.78, 5) is 8.15. The Labute approximate surface area is 106 Å². The van der Waals surface area contributed by atoms with E-state index in [4.69, 9.17) is 15.3 Å². The van der Waals surface area contributed by atoms with Crippen LogP contribution in [0.15, 0.2) is 6.33 Å². The first-order chi connectivity index (χ1) is 8.78. The Morgan fingerprint density at radius 2 is 2.11 bits per heavy atom. The number of methoxy groups -OCH3 is 1. The van der Waals surface area contributed by atoms with Gasteiger partial charge in [-0.05, 0) is 19.8 Å². The van der Waals surface area contributed by atoms with Crippen LogP contribution in [0.25, 0.3) is 0 Å². The van der Waals surface area contributed by atoms with Gasteiger partial charge in [0.2, 0.25) is 5.75 Å². The predicted molar refractivity (Wildman–Crippen MR) is 68.5 cm³/mol.